The summed E-state index contributed by atoms with van der Waals surface area (Å²) >= 11 is 0. The van der Waals surface area contributed by atoms with Crippen molar-refractivity contribution >= 4 is 5.69 Å². The lowest BCUT2D eigenvalue weighted by molar-refractivity contribution is 0.142. The quantitative estimate of drug-likeness (QED) is 0.321. The first-order chi connectivity index (χ1) is 17.4. The van der Waals surface area contributed by atoms with Gasteiger partial charge >= 0.3 is 0 Å². The van der Waals surface area contributed by atoms with Crippen LogP contribution in [0.2, 0.25) is 0 Å². The van der Waals surface area contributed by atoms with E-state index in [-0.39, 0.29) is 6.04 Å². The second-order valence-electron chi connectivity index (χ2n) is 10.0. The third-order valence-electron chi connectivity index (χ3n) is 6.90. The number of rotatable bonds is 11. The Kier molecular flexibility index (Phi) is 8.76. The number of hydrogen-bond donors (Lipinski definition) is 0. The molecule has 5 heteroatoms. The van der Waals surface area contributed by atoms with E-state index in [2.05, 4.69) is 92.1 Å². The minimum Gasteiger partial charge on any atom is -0.497 e. The molecule has 1 aliphatic rings. The molecule has 0 aromatic heterocycles. The van der Waals surface area contributed by atoms with E-state index >= 15 is 0 Å². The fraction of sp³-hybridized carbons (Fsp3) is 0.419. The highest BCUT2D eigenvalue weighted by Crippen LogP contribution is 2.36. The highest BCUT2D eigenvalue weighted by atomic mass is 16.5. The van der Waals surface area contributed by atoms with Gasteiger partial charge < -0.3 is 19.1 Å². The van der Waals surface area contributed by atoms with Crippen molar-refractivity contribution in [3.05, 3.63) is 83.9 Å². The van der Waals surface area contributed by atoms with Gasteiger partial charge in [-0.3, -0.25) is 4.90 Å². The molecule has 3 aromatic carbocycles. The number of benzene rings is 3. The van der Waals surface area contributed by atoms with Gasteiger partial charge in [-0.15, -0.1) is 0 Å². The zero-order valence-corrected chi connectivity index (χ0v) is 22.3. The van der Waals surface area contributed by atoms with Gasteiger partial charge in [-0.2, -0.15) is 0 Å². The molecule has 0 saturated carbocycles. The highest BCUT2D eigenvalue weighted by Gasteiger charge is 2.27. The topological polar surface area (TPSA) is 34.2 Å². The van der Waals surface area contributed by atoms with E-state index in [1.54, 1.807) is 7.11 Å². The summed E-state index contributed by atoms with van der Waals surface area (Å²) in [6.07, 6.45) is 0.904. The van der Waals surface area contributed by atoms with Gasteiger partial charge in [0, 0.05) is 25.2 Å². The van der Waals surface area contributed by atoms with Crippen LogP contribution in [0.1, 0.15) is 38.8 Å². The average Bonchev–Trinajstić information content (AvgIpc) is 2.89. The molecule has 0 spiro atoms. The lowest BCUT2D eigenvalue weighted by atomic mass is 10.0. The number of methoxy groups -OCH3 is 1. The minimum atomic E-state index is 0.238. The van der Waals surface area contributed by atoms with E-state index in [1.165, 1.54) is 11.1 Å². The molecule has 192 valence electrons. The van der Waals surface area contributed by atoms with E-state index in [4.69, 9.17) is 14.2 Å². The normalized spacial score (nSPS) is 15.2. The molecule has 0 saturated heterocycles. The Bertz CT molecular complexity index is 1070. The predicted molar refractivity (Wildman–Crippen MR) is 148 cm³/mol. The molecule has 36 heavy (non-hydrogen) atoms. The molecule has 0 fully saturated rings. The molecule has 0 amide bonds. The summed E-state index contributed by atoms with van der Waals surface area (Å²) in [5.74, 6) is 2.75. The van der Waals surface area contributed by atoms with Gasteiger partial charge in [0.25, 0.3) is 0 Å². The largest absolute Gasteiger partial charge is 0.497 e. The van der Waals surface area contributed by atoms with E-state index in [1.807, 2.05) is 18.2 Å². The van der Waals surface area contributed by atoms with Crippen molar-refractivity contribution in [1.29, 1.82) is 0 Å². The third kappa shape index (κ3) is 6.52. The van der Waals surface area contributed by atoms with Crippen LogP contribution >= 0.6 is 0 Å². The van der Waals surface area contributed by atoms with Crippen LogP contribution in [-0.2, 0) is 13.0 Å². The van der Waals surface area contributed by atoms with Gasteiger partial charge in [-0.25, -0.2) is 0 Å². The molecule has 4 rings (SSSR count). The number of ether oxygens (including phenoxy) is 3. The molecule has 5 nitrogen and oxygen atoms in total. The van der Waals surface area contributed by atoms with Crippen molar-refractivity contribution in [1.82, 2.24) is 4.90 Å². The molecular formula is C31H40N2O3. The van der Waals surface area contributed by atoms with Crippen molar-refractivity contribution in [2.24, 2.45) is 0 Å². The van der Waals surface area contributed by atoms with Crippen LogP contribution in [0, 0.1) is 0 Å². The molecule has 1 atom stereocenters. The lowest BCUT2D eigenvalue weighted by Crippen LogP contribution is -2.44. The standard InChI is InChI=1S/C31H40N2O3/c1-23(2)32(24(3)4)18-19-35-29-16-12-26(13-17-29)21-33-27(20-25-10-14-28(34-5)15-11-25)22-36-31-9-7-6-8-30(31)33/h6-17,23-24,27H,18-22H2,1-5H3/t27-/m0/s1. The lowest BCUT2D eigenvalue weighted by Gasteiger charge is -2.39. The van der Waals surface area contributed by atoms with Crippen LogP contribution in [0.4, 0.5) is 5.69 Å². The van der Waals surface area contributed by atoms with Crippen molar-refractivity contribution in [2.75, 3.05) is 31.8 Å². The van der Waals surface area contributed by atoms with Crippen molar-refractivity contribution < 1.29 is 14.2 Å². The second-order valence-corrected chi connectivity index (χ2v) is 10.0. The molecule has 3 aromatic rings. The predicted octanol–water partition coefficient (Wildman–Crippen LogP) is 6.20. The van der Waals surface area contributed by atoms with Crippen molar-refractivity contribution in [3.8, 4) is 17.2 Å². The van der Waals surface area contributed by atoms with Gasteiger partial charge in [0.15, 0.2) is 0 Å². The van der Waals surface area contributed by atoms with Gasteiger partial charge in [-0.05, 0) is 81.6 Å². The minimum absolute atomic E-state index is 0.238. The Balaban J connectivity index is 1.43. The van der Waals surface area contributed by atoms with Gasteiger partial charge in [-0.1, -0.05) is 36.4 Å². The SMILES string of the molecule is COc1ccc(C[C@H]2COc3ccccc3N2Cc2ccc(OCCN(C(C)C)C(C)C)cc2)cc1. The Labute approximate surface area is 216 Å². The van der Waals surface area contributed by atoms with Crippen molar-refractivity contribution in [2.45, 2.75) is 58.8 Å². The van der Waals surface area contributed by atoms with E-state index < -0.39 is 0 Å². The van der Waals surface area contributed by atoms with Crippen LogP contribution < -0.4 is 19.1 Å². The Morgan fingerprint density at radius 3 is 2.17 bits per heavy atom. The van der Waals surface area contributed by atoms with Crippen LogP contribution in [0.5, 0.6) is 17.2 Å². The number of fused-ring (bicyclic) bond motifs is 1. The fourth-order valence-corrected chi connectivity index (χ4v) is 4.98. The molecule has 0 radical (unpaired) electrons. The summed E-state index contributed by atoms with van der Waals surface area (Å²) in [4.78, 5) is 4.93. The summed E-state index contributed by atoms with van der Waals surface area (Å²) < 4.78 is 17.5. The Morgan fingerprint density at radius 2 is 1.50 bits per heavy atom. The highest BCUT2D eigenvalue weighted by molar-refractivity contribution is 5.61. The van der Waals surface area contributed by atoms with Gasteiger partial charge in [0.1, 0.15) is 30.5 Å². The molecule has 0 unspecified atom stereocenters. The van der Waals surface area contributed by atoms with Gasteiger partial charge in [0.05, 0.1) is 18.8 Å². The third-order valence-corrected chi connectivity index (χ3v) is 6.90. The average molecular weight is 489 g/mol. The van der Waals surface area contributed by atoms with E-state index in [9.17, 15) is 0 Å². The van der Waals surface area contributed by atoms with Gasteiger partial charge in [0.2, 0.25) is 0 Å². The first-order valence-electron chi connectivity index (χ1n) is 13.0. The molecule has 0 N–H and O–H groups in total. The van der Waals surface area contributed by atoms with Crippen LogP contribution in [0.3, 0.4) is 0 Å². The summed E-state index contributed by atoms with van der Waals surface area (Å²) in [6.45, 7) is 12.0. The number of nitrogens with zero attached hydrogens (tertiary/aromatic N) is 2. The smallest absolute Gasteiger partial charge is 0.142 e. The fourth-order valence-electron chi connectivity index (χ4n) is 4.98. The number of anilines is 1. The number of para-hydroxylation sites is 2. The van der Waals surface area contributed by atoms with Crippen LogP contribution in [-0.4, -0.2) is 49.9 Å². The maximum absolute atomic E-state index is 6.15. The maximum Gasteiger partial charge on any atom is 0.142 e. The van der Waals surface area contributed by atoms with E-state index in [0.717, 1.165) is 42.4 Å². The molecule has 1 aliphatic heterocycles. The second kappa shape index (κ2) is 12.2. The molecule has 0 bridgehead atoms. The zero-order valence-electron chi connectivity index (χ0n) is 22.3. The molecule has 0 aliphatic carbocycles. The van der Waals surface area contributed by atoms with Crippen LogP contribution in [0.25, 0.3) is 0 Å². The van der Waals surface area contributed by atoms with Crippen LogP contribution in [0.15, 0.2) is 72.8 Å². The first kappa shape index (κ1) is 25.9. The zero-order chi connectivity index (χ0) is 25.5. The Morgan fingerprint density at radius 1 is 0.861 bits per heavy atom. The summed E-state index contributed by atoms with van der Waals surface area (Å²) in [5.41, 5.74) is 3.67. The maximum atomic E-state index is 6.15. The first-order valence-corrected chi connectivity index (χ1v) is 13.0. The summed E-state index contributed by atoms with van der Waals surface area (Å²) in [7, 11) is 1.70. The molecular weight excluding hydrogens is 448 g/mol. The van der Waals surface area contributed by atoms with Crippen molar-refractivity contribution in [3.63, 3.8) is 0 Å². The monoisotopic (exact) mass is 488 g/mol. The number of hydrogen-bond acceptors (Lipinski definition) is 5. The summed E-state index contributed by atoms with van der Waals surface area (Å²) in [6, 6.07) is 26.5. The Hall–Kier alpha value is -3.18. The van der Waals surface area contributed by atoms with E-state index in [0.29, 0.717) is 25.3 Å². The summed E-state index contributed by atoms with van der Waals surface area (Å²) in [5, 5.41) is 0. The molecule has 1 heterocycles.